The van der Waals surface area contributed by atoms with E-state index in [4.69, 9.17) is 12.2 Å². The van der Waals surface area contributed by atoms with Crippen LogP contribution in [0, 0.1) is 0 Å². The summed E-state index contributed by atoms with van der Waals surface area (Å²) in [6.45, 7) is 0.521. The molecule has 0 radical (unpaired) electrons. The van der Waals surface area contributed by atoms with Crippen molar-refractivity contribution in [2.75, 3.05) is 0 Å². The molecule has 2 N–H and O–H groups in total. The highest BCUT2D eigenvalue weighted by Gasteiger charge is 2.17. The molecule has 144 valence electrons. The van der Waals surface area contributed by atoms with Gasteiger partial charge in [0.25, 0.3) is 0 Å². The SMILES string of the molecule is O=C(C(C=NC(=S)NCc1ccccc1)=C(O)c1ccccc1)c1ccccc1. The van der Waals surface area contributed by atoms with Crippen molar-refractivity contribution in [2.24, 2.45) is 4.99 Å². The van der Waals surface area contributed by atoms with Gasteiger partial charge < -0.3 is 10.4 Å². The van der Waals surface area contributed by atoms with Crippen molar-refractivity contribution in [1.29, 1.82) is 0 Å². The number of carbonyl (C=O) groups is 1. The summed E-state index contributed by atoms with van der Waals surface area (Å²) in [5.41, 5.74) is 2.13. The van der Waals surface area contributed by atoms with Crippen LogP contribution >= 0.6 is 12.2 Å². The Bertz CT molecular complexity index is 1030. The van der Waals surface area contributed by atoms with Gasteiger partial charge in [-0.05, 0) is 17.8 Å². The Kier molecular flexibility index (Phi) is 7.03. The third kappa shape index (κ3) is 5.70. The Labute approximate surface area is 175 Å². The number of hydrogen-bond acceptors (Lipinski definition) is 3. The highest BCUT2D eigenvalue weighted by molar-refractivity contribution is 7.80. The standard InChI is InChI=1S/C24H20N2O2S/c27-22(19-12-6-2-7-13-19)21(23(28)20-14-8-3-9-15-20)17-26-24(29)25-16-18-10-4-1-5-11-18/h1-15,17,27H,16H2,(H,25,29). The summed E-state index contributed by atoms with van der Waals surface area (Å²) in [5, 5.41) is 14.0. The van der Waals surface area contributed by atoms with Gasteiger partial charge in [-0.3, -0.25) is 4.79 Å². The molecule has 0 aliphatic heterocycles. The molecule has 0 saturated carbocycles. The molecule has 4 nitrogen and oxygen atoms in total. The Morgan fingerprint density at radius 1 is 0.862 bits per heavy atom. The summed E-state index contributed by atoms with van der Waals surface area (Å²) in [4.78, 5) is 17.2. The minimum Gasteiger partial charge on any atom is -0.506 e. The van der Waals surface area contributed by atoms with E-state index in [9.17, 15) is 9.90 Å². The molecule has 0 unspecified atom stereocenters. The number of aliphatic hydroxyl groups excluding tert-OH is 1. The number of aliphatic imine (C=N–C) groups is 1. The molecule has 0 fully saturated rings. The molecule has 3 aromatic carbocycles. The zero-order valence-electron chi connectivity index (χ0n) is 15.7. The fourth-order valence-electron chi connectivity index (χ4n) is 2.67. The smallest absolute Gasteiger partial charge is 0.198 e. The van der Waals surface area contributed by atoms with Crippen molar-refractivity contribution in [3.8, 4) is 0 Å². The Morgan fingerprint density at radius 2 is 1.38 bits per heavy atom. The van der Waals surface area contributed by atoms with Gasteiger partial charge in [0.15, 0.2) is 10.9 Å². The lowest BCUT2D eigenvalue weighted by molar-refractivity contribution is 0.104. The van der Waals surface area contributed by atoms with Crippen LogP contribution in [0.4, 0.5) is 0 Å². The molecule has 0 amide bonds. The molecule has 0 heterocycles. The van der Waals surface area contributed by atoms with Crippen LogP contribution < -0.4 is 5.32 Å². The molecule has 29 heavy (non-hydrogen) atoms. The third-order valence-electron chi connectivity index (χ3n) is 4.18. The zero-order chi connectivity index (χ0) is 20.5. The van der Waals surface area contributed by atoms with Crippen LogP contribution in [0.15, 0.2) is 102 Å². The van der Waals surface area contributed by atoms with Gasteiger partial charge in [0.05, 0.1) is 5.57 Å². The number of carbonyl (C=O) groups excluding carboxylic acids is 1. The van der Waals surface area contributed by atoms with Gasteiger partial charge in [-0.25, -0.2) is 4.99 Å². The Balaban J connectivity index is 1.84. The van der Waals surface area contributed by atoms with E-state index in [1.807, 2.05) is 42.5 Å². The average molecular weight is 401 g/mol. The van der Waals surface area contributed by atoms with Crippen LogP contribution in [0.5, 0.6) is 0 Å². The predicted molar refractivity (Wildman–Crippen MR) is 121 cm³/mol. The first-order chi connectivity index (χ1) is 14.1. The normalized spacial score (nSPS) is 11.7. The van der Waals surface area contributed by atoms with E-state index in [2.05, 4.69) is 10.3 Å². The number of allylic oxidation sites excluding steroid dienone is 1. The van der Waals surface area contributed by atoms with E-state index >= 15 is 0 Å². The van der Waals surface area contributed by atoms with Crippen LogP contribution in [-0.4, -0.2) is 22.2 Å². The van der Waals surface area contributed by atoms with Crippen LogP contribution in [-0.2, 0) is 6.54 Å². The maximum Gasteiger partial charge on any atom is 0.198 e. The van der Waals surface area contributed by atoms with Gasteiger partial charge in [-0.15, -0.1) is 0 Å². The van der Waals surface area contributed by atoms with Crippen molar-refractivity contribution in [1.82, 2.24) is 5.32 Å². The second-order valence-corrected chi connectivity index (χ2v) is 6.61. The van der Waals surface area contributed by atoms with Crippen LogP contribution in [0.1, 0.15) is 21.5 Å². The van der Waals surface area contributed by atoms with Gasteiger partial charge >= 0.3 is 0 Å². The molecule has 0 saturated heterocycles. The molecule has 0 aromatic heterocycles. The lowest BCUT2D eigenvalue weighted by Gasteiger charge is -2.08. The predicted octanol–water partition coefficient (Wildman–Crippen LogP) is 4.98. The number of benzene rings is 3. The zero-order valence-corrected chi connectivity index (χ0v) is 16.5. The summed E-state index contributed by atoms with van der Waals surface area (Å²) < 4.78 is 0. The summed E-state index contributed by atoms with van der Waals surface area (Å²) in [6, 6.07) is 27.4. The topological polar surface area (TPSA) is 61.7 Å². The number of ketones is 1. The molecule has 0 spiro atoms. The van der Waals surface area contributed by atoms with E-state index in [1.54, 1.807) is 48.5 Å². The first-order valence-electron chi connectivity index (χ1n) is 9.09. The largest absolute Gasteiger partial charge is 0.506 e. The molecule has 3 rings (SSSR count). The first-order valence-corrected chi connectivity index (χ1v) is 9.50. The van der Waals surface area contributed by atoms with E-state index in [0.717, 1.165) is 5.56 Å². The van der Waals surface area contributed by atoms with Crippen LogP contribution in [0.3, 0.4) is 0 Å². The molecular formula is C24H20N2O2S. The molecule has 0 bridgehead atoms. The van der Waals surface area contributed by atoms with Crippen LogP contribution in [0.25, 0.3) is 5.76 Å². The fourth-order valence-corrected chi connectivity index (χ4v) is 2.79. The van der Waals surface area contributed by atoms with Crippen molar-refractivity contribution in [3.05, 3.63) is 113 Å². The lowest BCUT2D eigenvalue weighted by atomic mass is 10.0. The number of nitrogens with one attached hydrogen (secondary N) is 1. The number of Topliss-reactive ketones (excluding diaryl/α,β-unsaturated/α-hetero) is 1. The van der Waals surface area contributed by atoms with Gasteiger partial charge in [0, 0.05) is 23.9 Å². The number of aliphatic hydroxyl groups is 1. The summed E-state index contributed by atoms with van der Waals surface area (Å²) >= 11 is 5.25. The van der Waals surface area contributed by atoms with Crippen molar-refractivity contribution in [2.45, 2.75) is 6.54 Å². The van der Waals surface area contributed by atoms with Gasteiger partial charge in [0.2, 0.25) is 0 Å². The Hall–Kier alpha value is -3.57. The van der Waals surface area contributed by atoms with Crippen LogP contribution in [0.2, 0.25) is 0 Å². The molecule has 5 heteroatoms. The Morgan fingerprint density at radius 3 is 1.97 bits per heavy atom. The number of nitrogens with zero attached hydrogens (tertiary/aromatic N) is 1. The molecular weight excluding hydrogens is 380 g/mol. The van der Waals surface area contributed by atoms with E-state index in [0.29, 0.717) is 17.7 Å². The highest BCUT2D eigenvalue weighted by atomic mass is 32.1. The molecule has 0 atom stereocenters. The maximum absolute atomic E-state index is 13.0. The lowest BCUT2D eigenvalue weighted by Crippen LogP contribution is -2.19. The third-order valence-corrected chi connectivity index (χ3v) is 4.43. The van der Waals surface area contributed by atoms with E-state index in [-0.39, 0.29) is 22.2 Å². The summed E-state index contributed by atoms with van der Waals surface area (Å²) in [7, 11) is 0. The van der Waals surface area contributed by atoms with Gasteiger partial charge in [-0.2, -0.15) is 0 Å². The van der Waals surface area contributed by atoms with Gasteiger partial charge in [-0.1, -0.05) is 91.0 Å². The minimum atomic E-state index is -0.332. The van der Waals surface area contributed by atoms with Crippen molar-refractivity contribution < 1.29 is 9.90 Å². The second kappa shape index (κ2) is 10.1. The number of hydrogen-bond donors (Lipinski definition) is 2. The quantitative estimate of drug-likeness (QED) is 0.201. The monoisotopic (exact) mass is 400 g/mol. The first kappa shape index (κ1) is 20.2. The number of rotatable bonds is 6. The van der Waals surface area contributed by atoms with Crippen molar-refractivity contribution in [3.63, 3.8) is 0 Å². The maximum atomic E-state index is 13.0. The molecule has 0 aliphatic rings. The summed E-state index contributed by atoms with van der Waals surface area (Å²) in [6.07, 6.45) is 1.32. The molecule has 3 aromatic rings. The van der Waals surface area contributed by atoms with E-state index < -0.39 is 0 Å². The highest BCUT2D eigenvalue weighted by Crippen LogP contribution is 2.18. The number of thiocarbonyl (C=S) groups is 1. The second-order valence-electron chi connectivity index (χ2n) is 6.23. The summed E-state index contributed by atoms with van der Waals surface area (Å²) in [5.74, 6) is -0.476. The van der Waals surface area contributed by atoms with E-state index in [1.165, 1.54) is 6.21 Å². The van der Waals surface area contributed by atoms with Crippen molar-refractivity contribution >= 4 is 35.1 Å². The molecule has 0 aliphatic carbocycles. The average Bonchev–Trinajstić information content (AvgIpc) is 2.79. The fraction of sp³-hybridized carbons (Fsp3) is 0.0417. The van der Waals surface area contributed by atoms with Gasteiger partial charge in [0.1, 0.15) is 5.76 Å². The minimum absolute atomic E-state index is 0.0752.